The van der Waals surface area contributed by atoms with Gasteiger partial charge in [-0.15, -0.1) is 10.2 Å². The van der Waals surface area contributed by atoms with Crippen molar-refractivity contribution in [2.24, 2.45) is 7.05 Å². The first-order chi connectivity index (χ1) is 8.54. The zero-order valence-electron chi connectivity index (χ0n) is 10.7. The van der Waals surface area contributed by atoms with Gasteiger partial charge >= 0.3 is 0 Å². The van der Waals surface area contributed by atoms with Gasteiger partial charge in [-0.2, -0.15) is 4.80 Å². The molecule has 1 unspecified atom stereocenters. The summed E-state index contributed by atoms with van der Waals surface area (Å²) in [4.78, 5) is 1.41. The second kappa shape index (κ2) is 5.22. The van der Waals surface area contributed by atoms with E-state index >= 15 is 0 Å². The van der Waals surface area contributed by atoms with Gasteiger partial charge in [0.15, 0.2) is 5.82 Å². The monoisotopic (exact) mass is 249 g/mol. The van der Waals surface area contributed by atoms with Gasteiger partial charge in [-0.05, 0) is 42.3 Å². The van der Waals surface area contributed by atoms with Crippen molar-refractivity contribution >= 4 is 0 Å². The number of aromatic nitrogens is 4. The van der Waals surface area contributed by atoms with Gasteiger partial charge in [-0.25, -0.2) is 4.39 Å². The Bertz CT molecular complexity index is 517. The zero-order valence-corrected chi connectivity index (χ0v) is 10.7. The Labute approximate surface area is 105 Å². The summed E-state index contributed by atoms with van der Waals surface area (Å²) < 4.78 is 13.3. The van der Waals surface area contributed by atoms with Gasteiger partial charge in [0, 0.05) is 6.04 Å². The molecule has 2 aromatic rings. The second-order valence-corrected chi connectivity index (χ2v) is 4.36. The number of rotatable bonds is 4. The van der Waals surface area contributed by atoms with Crippen molar-refractivity contribution in [1.29, 1.82) is 0 Å². The normalized spacial score (nSPS) is 12.7. The van der Waals surface area contributed by atoms with E-state index in [2.05, 4.69) is 20.7 Å². The SMILES string of the molecule is Cc1cc(F)cc(C(C)NCc2nnn(C)n2)c1. The molecule has 1 heterocycles. The van der Waals surface area contributed by atoms with E-state index in [-0.39, 0.29) is 11.9 Å². The Morgan fingerprint density at radius 1 is 1.39 bits per heavy atom. The molecule has 1 aromatic carbocycles. The number of tetrazole rings is 1. The zero-order chi connectivity index (χ0) is 13.1. The minimum atomic E-state index is -0.212. The minimum Gasteiger partial charge on any atom is -0.303 e. The van der Waals surface area contributed by atoms with Crippen molar-refractivity contribution in [3.8, 4) is 0 Å². The van der Waals surface area contributed by atoms with E-state index in [1.54, 1.807) is 7.05 Å². The van der Waals surface area contributed by atoms with Crippen LogP contribution in [0.25, 0.3) is 0 Å². The molecule has 96 valence electrons. The molecule has 1 N–H and O–H groups in total. The largest absolute Gasteiger partial charge is 0.303 e. The van der Waals surface area contributed by atoms with Gasteiger partial charge in [-0.1, -0.05) is 6.07 Å². The summed E-state index contributed by atoms with van der Waals surface area (Å²) in [6, 6.07) is 5.04. The number of aryl methyl sites for hydroxylation is 2. The summed E-state index contributed by atoms with van der Waals surface area (Å²) in [5.41, 5.74) is 1.83. The number of hydrogen-bond acceptors (Lipinski definition) is 4. The fourth-order valence-electron chi connectivity index (χ4n) is 1.77. The summed E-state index contributed by atoms with van der Waals surface area (Å²) in [7, 11) is 1.72. The molecule has 1 atom stereocenters. The van der Waals surface area contributed by atoms with Crippen LogP contribution in [0.4, 0.5) is 4.39 Å². The van der Waals surface area contributed by atoms with Crippen LogP contribution in [0.2, 0.25) is 0 Å². The van der Waals surface area contributed by atoms with Gasteiger partial charge in [-0.3, -0.25) is 0 Å². The molecule has 0 radical (unpaired) electrons. The highest BCUT2D eigenvalue weighted by molar-refractivity contribution is 5.25. The van der Waals surface area contributed by atoms with Crippen molar-refractivity contribution in [2.45, 2.75) is 26.4 Å². The third kappa shape index (κ3) is 3.10. The van der Waals surface area contributed by atoms with Crippen molar-refractivity contribution in [3.63, 3.8) is 0 Å². The van der Waals surface area contributed by atoms with E-state index in [0.717, 1.165) is 11.1 Å². The molecule has 1 aromatic heterocycles. The minimum absolute atomic E-state index is 0.0307. The lowest BCUT2D eigenvalue weighted by Gasteiger charge is -2.13. The molecule has 0 saturated carbocycles. The maximum absolute atomic E-state index is 13.3. The van der Waals surface area contributed by atoms with Crippen LogP contribution in [0.1, 0.15) is 29.9 Å². The quantitative estimate of drug-likeness (QED) is 0.892. The molecule has 0 bridgehead atoms. The molecule has 0 aliphatic heterocycles. The van der Waals surface area contributed by atoms with E-state index in [9.17, 15) is 4.39 Å². The predicted molar refractivity (Wildman–Crippen MR) is 65.2 cm³/mol. The third-order valence-electron chi connectivity index (χ3n) is 2.68. The van der Waals surface area contributed by atoms with E-state index in [1.165, 1.54) is 16.9 Å². The van der Waals surface area contributed by atoms with Crippen molar-refractivity contribution in [1.82, 2.24) is 25.5 Å². The topological polar surface area (TPSA) is 55.6 Å². The van der Waals surface area contributed by atoms with E-state index in [0.29, 0.717) is 12.4 Å². The highest BCUT2D eigenvalue weighted by atomic mass is 19.1. The Balaban J connectivity index is 2.01. The van der Waals surface area contributed by atoms with Crippen molar-refractivity contribution in [2.75, 3.05) is 0 Å². The van der Waals surface area contributed by atoms with Crippen LogP contribution < -0.4 is 5.32 Å². The number of halogens is 1. The van der Waals surface area contributed by atoms with Crippen molar-refractivity contribution < 1.29 is 4.39 Å². The Kier molecular flexibility index (Phi) is 3.66. The highest BCUT2D eigenvalue weighted by Gasteiger charge is 2.08. The summed E-state index contributed by atoms with van der Waals surface area (Å²) in [6.45, 7) is 4.36. The predicted octanol–water partition coefficient (Wildman–Crippen LogP) is 1.51. The lowest BCUT2D eigenvalue weighted by Crippen LogP contribution is -2.19. The molecule has 18 heavy (non-hydrogen) atoms. The molecule has 2 rings (SSSR count). The van der Waals surface area contributed by atoms with E-state index in [4.69, 9.17) is 0 Å². The maximum atomic E-state index is 13.3. The van der Waals surface area contributed by atoms with Gasteiger partial charge < -0.3 is 5.32 Å². The molecule has 0 aliphatic rings. The average Bonchev–Trinajstić information content (AvgIpc) is 2.70. The van der Waals surface area contributed by atoms with Crippen LogP contribution in [0.5, 0.6) is 0 Å². The molecule has 0 saturated heterocycles. The molecule has 0 fully saturated rings. The van der Waals surface area contributed by atoms with Gasteiger partial charge in [0.05, 0.1) is 13.6 Å². The number of nitrogens with one attached hydrogen (secondary N) is 1. The van der Waals surface area contributed by atoms with Crippen LogP contribution in [-0.2, 0) is 13.6 Å². The second-order valence-electron chi connectivity index (χ2n) is 4.36. The van der Waals surface area contributed by atoms with Crippen LogP contribution in [0.3, 0.4) is 0 Å². The summed E-state index contributed by atoms with van der Waals surface area (Å²) in [6.07, 6.45) is 0. The maximum Gasteiger partial charge on any atom is 0.188 e. The average molecular weight is 249 g/mol. The van der Waals surface area contributed by atoms with Gasteiger partial charge in [0.2, 0.25) is 0 Å². The first kappa shape index (κ1) is 12.6. The molecular formula is C12H16FN5. The first-order valence-corrected chi connectivity index (χ1v) is 5.78. The summed E-state index contributed by atoms with van der Waals surface area (Å²) in [5, 5.41) is 14.9. The number of nitrogens with zero attached hydrogens (tertiary/aromatic N) is 4. The van der Waals surface area contributed by atoms with Crippen LogP contribution in [0.15, 0.2) is 18.2 Å². The summed E-state index contributed by atoms with van der Waals surface area (Å²) in [5.74, 6) is 0.411. The molecule has 0 spiro atoms. The van der Waals surface area contributed by atoms with Crippen molar-refractivity contribution in [3.05, 3.63) is 41.0 Å². The Morgan fingerprint density at radius 3 is 2.78 bits per heavy atom. The number of hydrogen-bond donors (Lipinski definition) is 1. The molecule has 5 nitrogen and oxygen atoms in total. The molecule has 6 heteroatoms. The lowest BCUT2D eigenvalue weighted by molar-refractivity contribution is 0.549. The van der Waals surface area contributed by atoms with Gasteiger partial charge in [0.25, 0.3) is 0 Å². The third-order valence-corrected chi connectivity index (χ3v) is 2.68. The van der Waals surface area contributed by atoms with Crippen LogP contribution >= 0.6 is 0 Å². The lowest BCUT2D eigenvalue weighted by atomic mass is 10.1. The standard InChI is InChI=1S/C12H16FN5/c1-8-4-10(6-11(13)5-8)9(2)14-7-12-15-17-18(3)16-12/h4-6,9,14H,7H2,1-3H3. The van der Waals surface area contributed by atoms with E-state index in [1.807, 2.05) is 19.9 Å². The molecule has 0 aliphatic carbocycles. The first-order valence-electron chi connectivity index (χ1n) is 5.78. The van der Waals surface area contributed by atoms with Crippen LogP contribution in [-0.4, -0.2) is 20.2 Å². The highest BCUT2D eigenvalue weighted by Crippen LogP contribution is 2.16. The fourth-order valence-corrected chi connectivity index (χ4v) is 1.77. The Hall–Kier alpha value is -1.82. The molecule has 0 amide bonds. The van der Waals surface area contributed by atoms with E-state index < -0.39 is 0 Å². The van der Waals surface area contributed by atoms with Gasteiger partial charge in [0.1, 0.15) is 5.82 Å². The molecular weight excluding hydrogens is 233 g/mol. The fraction of sp³-hybridized carbons (Fsp3) is 0.417. The smallest absolute Gasteiger partial charge is 0.188 e. The summed E-state index contributed by atoms with van der Waals surface area (Å²) >= 11 is 0. The number of benzene rings is 1. The van der Waals surface area contributed by atoms with Crippen LogP contribution in [0, 0.1) is 12.7 Å². The Morgan fingerprint density at radius 2 is 2.17 bits per heavy atom.